The zero-order valence-corrected chi connectivity index (χ0v) is 12.9. The Morgan fingerprint density at radius 1 is 1.17 bits per heavy atom. The molecule has 0 fully saturated rings. The molecule has 0 unspecified atom stereocenters. The second-order valence-corrected chi connectivity index (χ2v) is 5.76. The standard InChI is InChI=1S/C15H14FN5OS/c16-11-5-3-10(4-6-11)14-19-13(20-21-14)9-18-15(22)17-8-12-2-1-7-23-12/h1-7H,8-9H2,(H2,17,18,22)(H,19,20,21). The van der Waals surface area contributed by atoms with Crippen molar-refractivity contribution in [2.24, 2.45) is 0 Å². The van der Waals surface area contributed by atoms with E-state index in [2.05, 4.69) is 25.8 Å². The van der Waals surface area contributed by atoms with E-state index in [-0.39, 0.29) is 18.4 Å². The fourth-order valence-electron chi connectivity index (χ4n) is 1.91. The fraction of sp³-hybridized carbons (Fsp3) is 0.133. The molecule has 0 bridgehead atoms. The van der Waals surface area contributed by atoms with Crippen LogP contribution in [-0.4, -0.2) is 21.2 Å². The lowest BCUT2D eigenvalue weighted by atomic mass is 10.2. The monoisotopic (exact) mass is 331 g/mol. The van der Waals surface area contributed by atoms with Crippen molar-refractivity contribution in [3.63, 3.8) is 0 Å². The van der Waals surface area contributed by atoms with Gasteiger partial charge in [0.05, 0.1) is 13.1 Å². The number of hydrogen-bond acceptors (Lipinski definition) is 4. The Hall–Kier alpha value is -2.74. The van der Waals surface area contributed by atoms with E-state index in [0.29, 0.717) is 23.8 Å². The molecule has 0 atom stereocenters. The van der Waals surface area contributed by atoms with E-state index in [1.54, 1.807) is 23.5 Å². The first-order valence-corrected chi connectivity index (χ1v) is 7.80. The molecule has 3 N–H and O–H groups in total. The second kappa shape index (κ2) is 7.01. The Morgan fingerprint density at radius 2 is 1.96 bits per heavy atom. The third-order valence-electron chi connectivity index (χ3n) is 3.05. The summed E-state index contributed by atoms with van der Waals surface area (Å²) in [6.45, 7) is 0.713. The summed E-state index contributed by atoms with van der Waals surface area (Å²) in [6.07, 6.45) is 0. The summed E-state index contributed by atoms with van der Waals surface area (Å²) < 4.78 is 12.9. The van der Waals surface area contributed by atoms with Gasteiger partial charge in [0, 0.05) is 10.4 Å². The van der Waals surface area contributed by atoms with Crippen LogP contribution in [0.1, 0.15) is 10.7 Å². The summed E-state index contributed by atoms with van der Waals surface area (Å²) in [7, 11) is 0. The third kappa shape index (κ3) is 4.13. The SMILES string of the molecule is O=C(NCc1nc(-c2ccc(F)cc2)n[nH]1)NCc1cccs1. The molecule has 1 aromatic carbocycles. The molecule has 0 aliphatic heterocycles. The smallest absolute Gasteiger partial charge is 0.315 e. The topological polar surface area (TPSA) is 82.7 Å². The van der Waals surface area contributed by atoms with Gasteiger partial charge in [0.2, 0.25) is 0 Å². The molecule has 3 aromatic rings. The van der Waals surface area contributed by atoms with Crippen LogP contribution in [0.25, 0.3) is 11.4 Å². The second-order valence-electron chi connectivity index (χ2n) is 4.73. The van der Waals surface area contributed by atoms with Gasteiger partial charge in [-0.2, -0.15) is 5.10 Å². The number of urea groups is 1. The number of thiophene rings is 1. The maximum Gasteiger partial charge on any atom is 0.315 e. The van der Waals surface area contributed by atoms with E-state index >= 15 is 0 Å². The first-order chi connectivity index (χ1) is 11.2. The van der Waals surface area contributed by atoms with Crippen LogP contribution in [0.4, 0.5) is 9.18 Å². The summed E-state index contributed by atoms with van der Waals surface area (Å²) >= 11 is 1.58. The number of nitrogens with one attached hydrogen (secondary N) is 3. The number of amides is 2. The Labute approximate surface area is 135 Å². The summed E-state index contributed by atoms with van der Waals surface area (Å²) in [5.41, 5.74) is 0.705. The number of rotatable bonds is 5. The van der Waals surface area contributed by atoms with Gasteiger partial charge >= 0.3 is 6.03 Å². The summed E-state index contributed by atoms with van der Waals surface area (Å²) in [5.74, 6) is 0.671. The van der Waals surface area contributed by atoms with Crippen LogP contribution in [0, 0.1) is 5.82 Å². The minimum Gasteiger partial charge on any atom is -0.333 e. The van der Waals surface area contributed by atoms with Gasteiger partial charge in [0.15, 0.2) is 5.82 Å². The van der Waals surface area contributed by atoms with Gasteiger partial charge in [0.1, 0.15) is 11.6 Å². The highest BCUT2D eigenvalue weighted by Gasteiger charge is 2.07. The Morgan fingerprint density at radius 3 is 2.70 bits per heavy atom. The molecule has 0 radical (unpaired) electrons. The molecule has 2 heterocycles. The number of aromatic nitrogens is 3. The Bertz CT molecular complexity index is 770. The van der Waals surface area contributed by atoms with Crippen molar-refractivity contribution in [2.75, 3.05) is 0 Å². The number of carbonyl (C=O) groups is 1. The lowest BCUT2D eigenvalue weighted by Crippen LogP contribution is -2.34. The van der Waals surface area contributed by atoms with Crippen LogP contribution in [0.5, 0.6) is 0 Å². The van der Waals surface area contributed by atoms with E-state index < -0.39 is 0 Å². The van der Waals surface area contributed by atoms with Crippen molar-refractivity contribution < 1.29 is 9.18 Å². The van der Waals surface area contributed by atoms with E-state index in [4.69, 9.17) is 0 Å². The molecule has 0 aliphatic rings. The molecule has 3 rings (SSSR count). The minimum atomic E-state index is -0.311. The molecule has 2 aromatic heterocycles. The van der Waals surface area contributed by atoms with Gasteiger partial charge in [-0.15, -0.1) is 11.3 Å². The Balaban J connectivity index is 1.50. The molecule has 8 heteroatoms. The van der Waals surface area contributed by atoms with Crippen LogP contribution in [0.15, 0.2) is 41.8 Å². The summed E-state index contributed by atoms with van der Waals surface area (Å²) in [5, 5.41) is 14.2. The van der Waals surface area contributed by atoms with Crippen molar-refractivity contribution in [1.82, 2.24) is 25.8 Å². The predicted molar refractivity (Wildman–Crippen MR) is 85.2 cm³/mol. The highest BCUT2D eigenvalue weighted by atomic mass is 32.1. The van der Waals surface area contributed by atoms with E-state index in [1.807, 2.05) is 17.5 Å². The first kappa shape index (κ1) is 15.2. The van der Waals surface area contributed by atoms with Crippen molar-refractivity contribution in [3.05, 3.63) is 58.3 Å². The average molecular weight is 331 g/mol. The van der Waals surface area contributed by atoms with Gasteiger partial charge in [-0.25, -0.2) is 14.2 Å². The molecular formula is C15H14FN5OS. The zero-order valence-electron chi connectivity index (χ0n) is 12.0. The van der Waals surface area contributed by atoms with E-state index in [0.717, 1.165) is 4.88 Å². The highest BCUT2D eigenvalue weighted by molar-refractivity contribution is 7.09. The lowest BCUT2D eigenvalue weighted by molar-refractivity contribution is 0.240. The van der Waals surface area contributed by atoms with Crippen molar-refractivity contribution in [2.45, 2.75) is 13.1 Å². The maximum atomic E-state index is 12.9. The van der Waals surface area contributed by atoms with Crippen molar-refractivity contribution >= 4 is 17.4 Å². The van der Waals surface area contributed by atoms with Crippen molar-refractivity contribution in [1.29, 1.82) is 0 Å². The number of H-pyrrole nitrogens is 1. The molecule has 0 spiro atoms. The van der Waals surface area contributed by atoms with Crippen LogP contribution in [0.3, 0.4) is 0 Å². The van der Waals surface area contributed by atoms with Crippen LogP contribution < -0.4 is 10.6 Å². The highest BCUT2D eigenvalue weighted by Crippen LogP contribution is 2.14. The van der Waals surface area contributed by atoms with Gasteiger partial charge in [-0.05, 0) is 35.7 Å². The normalized spacial score (nSPS) is 10.5. The van der Waals surface area contributed by atoms with Crippen LogP contribution in [-0.2, 0) is 13.1 Å². The van der Waals surface area contributed by atoms with E-state index in [1.165, 1.54) is 12.1 Å². The average Bonchev–Trinajstić information content (AvgIpc) is 3.23. The minimum absolute atomic E-state index is 0.227. The lowest BCUT2D eigenvalue weighted by Gasteiger charge is -2.04. The summed E-state index contributed by atoms with van der Waals surface area (Å²) in [4.78, 5) is 17.0. The molecule has 0 saturated heterocycles. The maximum absolute atomic E-state index is 12.9. The molecule has 6 nitrogen and oxygen atoms in total. The number of aromatic amines is 1. The Kier molecular flexibility index (Phi) is 4.62. The van der Waals surface area contributed by atoms with Gasteiger partial charge in [0.25, 0.3) is 0 Å². The van der Waals surface area contributed by atoms with Crippen molar-refractivity contribution in [3.8, 4) is 11.4 Å². The molecule has 0 aliphatic carbocycles. The van der Waals surface area contributed by atoms with E-state index in [9.17, 15) is 9.18 Å². The van der Waals surface area contributed by atoms with Gasteiger partial charge < -0.3 is 10.6 Å². The van der Waals surface area contributed by atoms with Gasteiger partial charge in [-0.3, -0.25) is 5.10 Å². The third-order valence-corrected chi connectivity index (χ3v) is 3.93. The largest absolute Gasteiger partial charge is 0.333 e. The zero-order chi connectivity index (χ0) is 16.1. The number of halogens is 1. The fourth-order valence-corrected chi connectivity index (χ4v) is 2.55. The quantitative estimate of drug-likeness (QED) is 0.672. The van der Waals surface area contributed by atoms with Crippen LogP contribution >= 0.6 is 11.3 Å². The first-order valence-electron chi connectivity index (χ1n) is 6.92. The molecular weight excluding hydrogens is 317 g/mol. The number of nitrogens with zero attached hydrogens (tertiary/aromatic N) is 2. The van der Waals surface area contributed by atoms with Gasteiger partial charge in [-0.1, -0.05) is 6.07 Å². The number of carbonyl (C=O) groups excluding carboxylic acids is 1. The number of hydrogen-bond donors (Lipinski definition) is 3. The summed E-state index contributed by atoms with van der Waals surface area (Å²) in [6, 6.07) is 9.51. The molecule has 23 heavy (non-hydrogen) atoms. The molecule has 0 saturated carbocycles. The molecule has 118 valence electrons. The molecule has 2 amide bonds. The predicted octanol–water partition coefficient (Wildman–Crippen LogP) is 2.67. The van der Waals surface area contributed by atoms with Crippen LogP contribution in [0.2, 0.25) is 0 Å². The number of benzene rings is 1.